The Morgan fingerprint density at radius 3 is 2.59 bits per heavy atom. The molecule has 2 heterocycles. The number of rotatable bonds is 6. The first-order valence-corrected chi connectivity index (χ1v) is 9.91. The molecule has 5 nitrogen and oxygen atoms in total. The minimum atomic E-state index is -0.435. The highest BCUT2D eigenvalue weighted by Gasteiger charge is 2.23. The van der Waals surface area contributed by atoms with Crippen molar-refractivity contribution < 1.29 is 9.53 Å². The number of morpholine rings is 1. The number of aromatic nitrogens is 2. The number of nitrogens with one attached hydrogen (secondary N) is 1. The summed E-state index contributed by atoms with van der Waals surface area (Å²) in [6, 6.07) is 17.1. The van der Waals surface area contributed by atoms with Crippen LogP contribution in [-0.4, -0.2) is 34.7 Å². The monoisotopic (exact) mass is 387 g/mol. The zero-order valence-corrected chi connectivity index (χ0v) is 16.5. The van der Waals surface area contributed by atoms with Crippen molar-refractivity contribution in [2.75, 3.05) is 13.2 Å². The van der Waals surface area contributed by atoms with Crippen LogP contribution in [0.15, 0.2) is 67.1 Å². The molecule has 1 fully saturated rings. The Balaban J connectivity index is 1.32. The van der Waals surface area contributed by atoms with Gasteiger partial charge in [0.2, 0.25) is 5.91 Å². The molecular formula is C24H25N3O2. The summed E-state index contributed by atoms with van der Waals surface area (Å²) in [5.74, 6) is -0.0558. The van der Waals surface area contributed by atoms with Crippen molar-refractivity contribution in [1.29, 1.82) is 0 Å². The van der Waals surface area contributed by atoms with Crippen molar-refractivity contribution in [2.45, 2.75) is 26.0 Å². The molecule has 0 unspecified atom stereocenters. The number of imidazole rings is 1. The number of benzene rings is 2. The summed E-state index contributed by atoms with van der Waals surface area (Å²) in [5.41, 5.74) is 5.74. The number of ether oxygens (including phenoxy) is 1. The third kappa shape index (κ3) is 5.00. The number of carbonyl (C=O) groups is 1. The lowest BCUT2D eigenvalue weighted by Crippen LogP contribution is -2.45. The SMILES string of the molecule is Cc1ccc(-c2ccc(/C=C\Cn3cnc(C[C@@H]4OCCNC4=O)c3)cc2)cc1. The van der Waals surface area contributed by atoms with Crippen LogP contribution in [0.2, 0.25) is 0 Å². The minimum absolute atomic E-state index is 0.0558. The van der Waals surface area contributed by atoms with Crippen LogP contribution in [0.1, 0.15) is 16.8 Å². The lowest BCUT2D eigenvalue weighted by molar-refractivity contribution is -0.137. The van der Waals surface area contributed by atoms with Crippen molar-refractivity contribution in [3.05, 3.63) is 84.0 Å². The topological polar surface area (TPSA) is 56.1 Å². The first kappa shape index (κ1) is 19.2. The van der Waals surface area contributed by atoms with Crippen LogP contribution in [-0.2, 0) is 22.5 Å². The Kier molecular flexibility index (Phi) is 5.86. The van der Waals surface area contributed by atoms with Crippen LogP contribution in [0.4, 0.5) is 0 Å². The molecule has 4 rings (SSSR count). The summed E-state index contributed by atoms with van der Waals surface area (Å²) in [4.78, 5) is 16.2. The molecule has 1 atom stereocenters. The quantitative estimate of drug-likeness (QED) is 0.703. The van der Waals surface area contributed by atoms with E-state index in [0.717, 1.165) is 17.8 Å². The maximum absolute atomic E-state index is 11.8. The molecule has 0 aliphatic carbocycles. The second-order valence-electron chi connectivity index (χ2n) is 7.31. The normalized spacial score (nSPS) is 16.9. The number of aryl methyl sites for hydroxylation is 1. The smallest absolute Gasteiger partial charge is 0.249 e. The third-order valence-electron chi connectivity index (χ3n) is 5.02. The molecule has 1 amide bonds. The van der Waals surface area contributed by atoms with Gasteiger partial charge in [0.15, 0.2) is 0 Å². The van der Waals surface area contributed by atoms with Crippen molar-refractivity contribution in [2.24, 2.45) is 0 Å². The number of allylic oxidation sites excluding steroid dienone is 1. The maximum atomic E-state index is 11.8. The second kappa shape index (κ2) is 8.88. The van der Waals surface area contributed by atoms with E-state index in [2.05, 4.69) is 77.9 Å². The summed E-state index contributed by atoms with van der Waals surface area (Å²) in [7, 11) is 0. The molecule has 5 heteroatoms. The molecule has 0 spiro atoms. The molecule has 2 aromatic carbocycles. The Morgan fingerprint density at radius 2 is 1.86 bits per heavy atom. The zero-order valence-electron chi connectivity index (χ0n) is 16.5. The van der Waals surface area contributed by atoms with Crippen LogP contribution in [0.5, 0.6) is 0 Å². The van der Waals surface area contributed by atoms with E-state index in [9.17, 15) is 4.79 Å². The van der Waals surface area contributed by atoms with E-state index in [1.165, 1.54) is 16.7 Å². The second-order valence-corrected chi connectivity index (χ2v) is 7.31. The van der Waals surface area contributed by atoms with E-state index in [0.29, 0.717) is 19.6 Å². The summed E-state index contributed by atoms with van der Waals surface area (Å²) in [6.45, 7) is 3.97. The Morgan fingerprint density at radius 1 is 1.14 bits per heavy atom. The highest BCUT2D eigenvalue weighted by Crippen LogP contribution is 2.20. The van der Waals surface area contributed by atoms with E-state index in [1.54, 1.807) is 6.33 Å². The standard InChI is InChI=1S/C24H25N3O2/c1-18-4-8-20(9-5-18)21-10-6-19(7-11-21)3-2-13-27-16-22(26-17-27)15-23-24(28)25-12-14-29-23/h2-11,16-17,23H,12-15H2,1H3,(H,25,28)/b3-2-/t23-/m0/s1. The van der Waals surface area contributed by atoms with Gasteiger partial charge in [-0.2, -0.15) is 0 Å². The molecule has 148 valence electrons. The summed E-state index contributed by atoms with van der Waals surface area (Å²) in [6.07, 6.45) is 8.04. The van der Waals surface area contributed by atoms with E-state index >= 15 is 0 Å². The number of hydrogen-bond acceptors (Lipinski definition) is 3. The van der Waals surface area contributed by atoms with Gasteiger partial charge in [-0.25, -0.2) is 4.98 Å². The molecule has 0 bridgehead atoms. The van der Waals surface area contributed by atoms with Crippen molar-refractivity contribution in [1.82, 2.24) is 14.9 Å². The highest BCUT2D eigenvalue weighted by atomic mass is 16.5. The van der Waals surface area contributed by atoms with Gasteiger partial charge in [-0.05, 0) is 23.6 Å². The molecule has 0 saturated carbocycles. The predicted octanol–water partition coefficient (Wildman–Crippen LogP) is 3.63. The summed E-state index contributed by atoms with van der Waals surface area (Å²) in [5, 5.41) is 2.82. The lowest BCUT2D eigenvalue weighted by Gasteiger charge is -2.21. The zero-order chi connectivity index (χ0) is 20.1. The lowest BCUT2D eigenvalue weighted by atomic mass is 10.0. The van der Waals surface area contributed by atoms with Gasteiger partial charge >= 0.3 is 0 Å². The van der Waals surface area contributed by atoms with E-state index in [-0.39, 0.29) is 5.91 Å². The first-order chi connectivity index (χ1) is 14.2. The van der Waals surface area contributed by atoms with Gasteiger partial charge < -0.3 is 14.6 Å². The van der Waals surface area contributed by atoms with Gasteiger partial charge in [-0.15, -0.1) is 0 Å². The molecular weight excluding hydrogens is 362 g/mol. The Hall–Kier alpha value is -3.18. The van der Waals surface area contributed by atoms with Crippen LogP contribution in [0, 0.1) is 6.92 Å². The molecule has 1 aliphatic heterocycles. The van der Waals surface area contributed by atoms with Crippen molar-refractivity contribution in [3.8, 4) is 11.1 Å². The highest BCUT2D eigenvalue weighted by molar-refractivity contribution is 5.81. The number of nitrogens with zero attached hydrogens (tertiary/aromatic N) is 2. The molecule has 29 heavy (non-hydrogen) atoms. The fourth-order valence-electron chi connectivity index (χ4n) is 3.36. The van der Waals surface area contributed by atoms with E-state index < -0.39 is 6.10 Å². The van der Waals surface area contributed by atoms with Gasteiger partial charge in [0.25, 0.3) is 0 Å². The fourth-order valence-corrected chi connectivity index (χ4v) is 3.36. The Labute approximate surface area is 171 Å². The average Bonchev–Trinajstić information content (AvgIpc) is 3.18. The van der Waals surface area contributed by atoms with Crippen LogP contribution < -0.4 is 5.32 Å². The van der Waals surface area contributed by atoms with Crippen LogP contribution in [0.3, 0.4) is 0 Å². The van der Waals surface area contributed by atoms with Crippen LogP contribution >= 0.6 is 0 Å². The largest absolute Gasteiger partial charge is 0.366 e. The molecule has 1 N–H and O–H groups in total. The number of hydrogen-bond donors (Lipinski definition) is 1. The minimum Gasteiger partial charge on any atom is -0.366 e. The molecule has 1 aromatic heterocycles. The van der Waals surface area contributed by atoms with Gasteiger partial charge in [0.1, 0.15) is 6.10 Å². The first-order valence-electron chi connectivity index (χ1n) is 9.91. The van der Waals surface area contributed by atoms with Crippen LogP contribution in [0.25, 0.3) is 17.2 Å². The molecule has 1 saturated heterocycles. The van der Waals surface area contributed by atoms with E-state index in [4.69, 9.17) is 4.74 Å². The average molecular weight is 387 g/mol. The molecule has 1 aliphatic rings. The fraction of sp³-hybridized carbons (Fsp3) is 0.250. The number of carbonyl (C=O) groups excluding carboxylic acids is 1. The predicted molar refractivity (Wildman–Crippen MR) is 114 cm³/mol. The van der Waals surface area contributed by atoms with Gasteiger partial charge in [0.05, 0.1) is 18.6 Å². The third-order valence-corrected chi connectivity index (χ3v) is 5.02. The summed E-state index contributed by atoms with van der Waals surface area (Å²) < 4.78 is 7.52. The van der Waals surface area contributed by atoms with E-state index in [1.807, 2.05) is 10.8 Å². The molecule has 0 radical (unpaired) electrons. The Bertz CT molecular complexity index is 988. The maximum Gasteiger partial charge on any atom is 0.249 e. The van der Waals surface area contributed by atoms with Gasteiger partial charge in [-0.1, -0.05) is 66.2 Å². The van der Waals surface area contributed by atoms with Gasteiger partial charge in [0, 0.05) is 25.7 Å². The molecule has 3 aromatic rings. The van der Waals surface area contributed by atoms with Gasteiger partial charge in [-0.3, -0.25) is 4.79 Å². The van der Waals surface area contributed by atoms with Crippen molar-refractivity contribution >= 4 is 12.0 Å². The number of amides is 1. The summed E-state index contributed by atoms with van der Waals surface area (Å²) >= 11 is 0. The van der Waals surface area contributed by atoms with Crippen molar-refractivity contribution in [3.63, 3.8) is 0 Å².